The zero-order valence-electron chi connectivity index (χ0n) is 9.01. The minimum absolute atomic E-state index is 0.430. The van der Waals surface area contributed by atoms with Gasteiger partial charge in [-0.1, -0.05) is 39.5 Å². The molecule has 1 saturated carbocycles. The van der Waals surface area contributed by atoms with E-state index >= 15 is 0 Å². The standard InChI is InChI=1S/C12H22O/c1-3-6-10(7-4-2)11-8-5-9-12(11)13/h10-11H,3-9H2,1-2H3. The number of carbonyl (C=O) groups excluding carboxylic acids is 1. The van der Waals surface area contributed by atoms with E-state index in [0.717, 1.165) is 12.8 Å². The van der Waals surface area contributed by atoms with Crippen LogP contribution in [-0.2, 0) is 4.79 Å². The molecular formula is C12H22O. The molecule has 0 aromatic rings. The maximum absolute atomic E-state index is 11.6. The van der Waals surface area contributed by atoms with E-state index in [1.165, 1.54) is 32.1 Å². The monoisotopic (exact) mass is 182 g/mol. The fraction of sp³-hybridized carbons (Fsp3) is 0.917. The van der Waals surface area contributed by atoms with Crippen LogP contribution in [0.3, 0.4) is 0 Å². The summed E-state index contributed by atoms with van der Waals surface area (Å²) >= 11 is 0. The summed E-state index contributed by atoms with van der Waals surface area (Å²) in [5.41, 5.74) is 0. The number of hydrogen-bond acceptors (Lipinski definition) is 1. The van der Waals surface area contributed by atoms with Crippen LogP contribution in [0.1, 0.15) is 58.8 Å². The van der Waals surface area contributed by atoms with Gasteiger partial charge >= 0.3 is 0 Å². The van der Waals surface area contributed by atoms with Crippen molar-refractivity contribution >= 4 is 5.78 Å². The van der Waals surface area contributed by atoms with Gasteiger partial charge in [-0.25, -0.2) is 0 Å². The van der Waals surface area contributed by atoms with Gasteiger partial charge < -0.3 is 0 Å². The number of hydrogen-bond donors (Lipinski definition) is 0. The molecule has 0 bridgehead atoms. The molecule has 76 valence electrons. The second kappa shape index (κ2) is 5.41. The first-order chi connectivity index (χ1) is 6.29. The van der Waals surface area contributed by atoms with Crippen LogP contribution >= 0.6 is 0 Å². The molecule has 0 aromatic heterocycles. The third-order valence-corrected chi connectivity index (χ3v) is 3.24. The predicted molar refractivity (Wildman–Crippen MR) is 55.7 cm³/mol. The summed E-state index contributed by atoms with van der Waals surface area (Å²) in [7, 11) is 0. The van der Waals surface area contributed by atoms with Crippen LogP contribution < -0.4 is 0 Å². The molecule has 0 radical (unpaired) electrons. The van der Waals surface area contributed by atoms with E-state index in [1.807, 2.05) is 0 Å². The van der Waals surface area contributed by atoms with Crippen LogP contribution in [-0.4, -0.2) is 5.78 Å². The minimum atomic E-state index is 0.430. The molecular weight excluding hydrogens is 160 g/mol. The lowest BCUT2D eigenvalue weighted by Gasteiger charge is -2.20. The number of carbonyl (C=O) groups is 1. The van der Waals surface area contributed by atoms with Crippen molar-refractivity contribution in [3.63, 3.8) is 0 Å². The number of Topliss-reactive ketones (excluding diaryl/α,β-unsaturated/α-hetero) is 1. The van der Waals surface area contributed by atoms with Crippen molar-refractivity contribution in [3.8, 4) is 0 Å². The molecule has 1 rings (SSSR count). The minimum Gasteiger partial charge on any atom is -0.299 e. The van der Waals surface area contributed by atoms with E-state index in [-0.39, 0.29) is 0 Å². The van der Waals surface area contributed by atoms with Gasteiger partial charge in [0.1, 0.15) is 5.78 Å². The smallest absolute Gasteiger partial charge is 0.136 e. The third kappa shape index (κ3) is 2.82. The van der Waals surface area contributed by atoms with Crippen LogP contribution in [0.5, 0.6) is 0 Å². The Morgan fingerprint density at radius 3 is 2.31 bits per heavy atom. The van der Waals surface area contributed by atoms with E-state index < -0.39 is 0 Å². The van der Waals surface area contributed by atoms with Crippen molar-refractivity contribution in [2.24, 2.45) is 11.8 Å². The summed E-state index contributed by atoms with van der Waals surface area (Å²) in [5, 5.41) is 0. The van der Waals surface area contributed by atoms with Gasteiger partial charge in [0.2, 0.25) is 0 Å². The quantitative estimate of drug-likeness (QED) is 0.635. The number of ketones is 1. The summed E-state index contributed by atoms with van der Waals surface area (Å²) in [5.74, 6) is 1.68. The van der Waals surface area contributed by atoms with Gasteiger partial charge in [0.25, 0.3) is 0 Å². The molecule has 1 heteroatoms. The van der Waals surface area contributed by atoms with Gasteiger partial charge in [-0.15, -0.1) is 0 Å². The van der Waals surface area contributed by atoms with Gasteiger partial charge in [0.15, 0.2) is 0 Å². The zero-order chi connectivity index (χ0) is 9.68. The van der Waals surface area contributed by atoms with Crippen molar-refractivity contribution in [2.75, 3.05) is 0 Å². The van der Waals surface area contributed by atoms with Crippen LogP contribution in [0.15, 0.2) is 0 Å². The maximum Gasteiger partial charge on any atom is 0.136 e. The highest BCUT2D eigenvalue weighted by Crippen LogP contribution is 2.33. The molecule has 0 aliphatic heterocycles. The highest BCUT2D eigenvalue weighted by molar-refractivity contribution is 5.83. The van der Waals surface area contributed by atoms with Crippen LogP contribution in [0.2, 0.25) is 0 Å². The first-order valence-electron chi connectivity index (χ1n) is 5.82. The molecule has 1 unspecified atom stereocenters. The summed E-state index contributed by atoms with van der Waals surface area (Å²) in [4.78, 5) is 11.6. The molecule has 0 saturated heterocycles. The summed E-state index contributed by atoms with van der Waals surface area (Å²) in [6, 6.07) is 0. The molecule has 0 N–H and O–H groups in total. The molecule has 0 amide bonds. The maximum atomic E-state index is 11.6. The molecule has 1 aliphatic carbocycles. The third-order valence-electron chi connectivity index (χ3n) is 3.24. The summed E-state index contributed by atoms with van der Waals surface area (Å²) < 4.78 is 0. The molecule has 0 aromatic carbocycles. The molecule has 0 spiro atoms. The zero-order valence-corrected chi connectivity index (χ0v) is 9.01. The summed E-state index contributed by atoms with van der Waals surface area (Å²) in [6.45, 7) is 4.45. The Balaban J connectivity index is 2.47. The second-order valence-corrected chi connectivity index (χ2v) is 4.30. The first-order valence-corrected chi connectivity index (χ1v) is 5.82. The van der Waals surface area contributed by atoms with Crippen LogP contribution in [0.25, 0.3) is 0 Å². The highest BCUT2D eigenvalue weighted by Gasteiger charge is 2.30. The lowest BCUT2D eigenvalue weighted by Crippen LogP contribution is -2.18. The topological polar surface area (TPSA) is 17.1 Å². The number of rotatable bonds is 5. The molecule has 1 nitrogen and oxygen atoms in total. The van der Waals surface area contributed by atoms with Gasteiger partial charge in [0, 0.05) is 12.3 Å². The molecule has 0 heterocycles. The second-order valence-electron chi connectivity index (χ2n) is 4.30. The van der Waals surface area contributed by atoms with E-state index in [2.05, 4.69) is 13.8 Å². The normalized spacial score (nSPS) is 23.0. The Hall–Kier alpha value is -0.330. The predicted octanol–water partition coefficient (Wildman–Crippen LogP) is 3.57. The molecule has 1 aliphatic rings. The van der Waals surface area contributed by atoms with Crippen molar-refractivity contribution in [3.05, 3.63) is 0 Å². The average molecular weight is 182 g/mol. The Morgan fingerprint density at radius 2 is 1.92 bits per heavy atom. The Bertz CT molecular complexity index is 157. The van der Waals surface area contributed by atoms with E-state index in [4.69, 9.17) is 0 Å². The van der Waals surface area contributed by atoms with Crippen molar-refractivity contribution in [1.82, 2.24) is 0 Å². The van der Waals surface area contributed by atoms with Crippen molar-refractivity contribution < 1.29 is 4.79 Å². The summed E-state index contributed by atoms with van der Waals surface area (Å²) in [6.07, 6.45) is 8.14. The van der Waals surface area contributed by atoms with E-state index in [0.29, 0.717) is 17.6 Å². The largest absolute Gasteiger partial charge is 0.299 e. The lowest BCUT2D eigenvalue weighted by molar-refractivity contribution is -0.122. The van der Waals surface area contributed by atoms with Crippen LogP contribution in [0.4, 0.5) is 0 Å². The van der Waals surface area contributed by atoms with Gasteiger partial charge in [-0.05, 0) is 18.8 Å². The average Bonchev–Trinajstić information content (AvgIpc) is 2.51. The highest BCUT2D eigenvalue weighted by atomic mass is 16.1. The molecule has 1 atom stereocenters. The van der Waals surface area contributed by atoms with Crippen molar-refractivity contribution in [2.45, 2.75) is 58.8 Å². The van der Waals surface area contributed by atoms with Gasteiger partial charge in [-0.2, -0.15) is 0 Å². The Labute approximate surface area is 81.9 Å². The van der Waals surface area contributed by atoms with Gasteiger partial charge in [0.05, 0.1) is 0 Å². The van der Waals surface area contributed by atoms with E-state index in [9.17, 15) is 4.79 Å². The van der Waals surface area contributed by atoms with Gasteiger partial charge in [-0.3, -0.25) is 4.79 Å². The molecule has 13 heavy (non-hydrogen) atoms. The van der Waals surface area contributed by atoms with Crippen molar-refractivity contribution in [1.29, 1.82) is 0 Å². The Kier molecular flexibility index (Phi) is 4.47. The lowest BCUT2D eigenvalue weighted by atomic mass is 9.83. The Morgan fingerprint density at radius 1 is 1.31 bits per heavy atom. The fourth-order valence-electron chi connectivity index (χ4n) is 2.63. The fourth-order valence-corrected chi connectivity index (χ4v) is 2.63. The SMILES string of the molecule is CCCC(CCC)C1CCCC1=O. The molecule has 1 fully saturated rings. The van der Waals surface area contributed by atoms with E-state index in [1.54, 1.807) is 0 Å². The van der Waals surface area contributed by atoms with Crippen LogP contribution in [0, 0.1) is 11.8 Å². The first kappa shape index (κ1) is 10.7.